The van der Waals surface area contributed by atoms with Crippen LogP contribution in [0.4, 0.5) is 4.39 Å². The largest absolute Gasteiger partial charge is 0.358 e. The summed E-state index contributed by atoms with van der Waals surface area (Å²) >= 11 is 6.08. The van der Waals surface area contributed by atoms with Crippen LogP contribution in [-0.4, -0.2) is 23.2 Å². The van der Waals surface area contributed by atoms with Crippen molar-refractivity contribution in [3.8, 4) is 5.69 Å². The van der Waals surface area contributed by atoms with Crippen LogP contribution in [0.5, 0.6) is 0 Å². The van der Waals surface area contributed by atoms with Crippen molar-refractivity contribution in [2.45, 2.75) is 4.90 Å². The molecular formula is C11H6Cl2FN3O2S. The van der Waals surface area contributed by atoms with Gasteiger partial charge in [-0.3, -0.25) is 0 Å². The lowest BCUT2D eigenvalue weighted by molar-refractivity contribution is 0.610. The third-order valence-electron chi connectivity index (χ3n) is 2.78. The quantitative estimate of drug-likeness (QED) is 0.733. The number of nitrogens with zero attached hydrogens (tertiary/aromatic N) is 2. The third kappa shape index (κ3) is 2.07. The number of hydrogen-bond acceptors (Lipinski definition) is 3. The molecule has 0 aliphatic heterocycles. The molecular weight excluding hydrogens is 328 g/mol. The number of fused-ring (bicyclic) bond motifs is 1. The van der Waals surface area contributed by atoms with Gasteiger partial charge < -0.3 is 4.98 Å². The summed E-state index contributed by atoms with van der Waals surface area (Å²) in [5.41, 5.74) is 0.749. The number of aromatic amines is 1. The SMILES string of the molecule is O=S(=O)(Cl)c1c[nH]c2c(-n3cc(F)cn3)c(Cl)ccc12. The van der Waals surface area contributed by atoms with E-state index in [1.165, 1.54) is 23.0 Å². The van der Waals surface area contributed by atoms with Crippen molar-refractivity contribution in [2.75, 3.05) is 0 Å². The van der Waals surface area contributed by atoms with Gasteiger partial charge in [-0.05, 0) is 12.1 Å². The van der Waals surface area contributed by atoms with E-state index in [1.54, 1.807) is 0 Å². The van der Waals surface area contributed by atoms with Crippen LogP contribution < -0.4 is 0 Å². The van der Waals surface area contributed by atoms with Crippen molar-refractivity contribution >= 4 is 42.2 Å². The smallest absolute Gasteiger partial charge is 0.263 e. The fourth-order valence-electron chi connectivity index (χ4n) is 1.98. The van der Waals surface area contributed by atoms with E-state index in [-0.39, 0.29) is 4.90 Å². The molecule has 0 amide bonds. The Balaban J connectivity index is 2.38. The lowest BCUT2D eigenvalue weighted by Gasteiger charge is -2.06. The van der Waals surface area contributed by atoms with Gasteiger partial charge in [-0.15, -0.1) is 0 Å². The van der Waals surface area contributed by atoms with Gasteiger partial charge in [-0.25, -0.2) is 17.5 Å². The highest BCUT2D eigenvalue weighted by atomic mass is 35.7. The second-order valence-electron chi connectivity index (χ2n) is 4.01. The van der Waals surface area contributed by atoms with Crippen molar-refractivity contribution in [1.82, 2.24) is 14.8 Å². The van der Waals surface area contributed by atoms with Crippen LogP contribution in [0.2, 0.25) is 5.02 Å². The molecule has 0 saturated carbocycles. The fraction of sp³-hybridized carbons (Fsp3) is 0. The summed E-state index contributed by atoms with van der Waals surface area (Å²) in [7, 11) is 1.46. The van der Waals surface area contributed by atoms with E-state index >= 15 is 0 Å². The minimum Gasteiger partial charge on any atom is -0.358 e. The Bertz CT molecular complexity index is 917. The van der Waals surface area contributed by atoms with Crippen LogP contribution >= 0.6 is 22.3 Å². The van der Waals surface area contributed by atoms with Gasteiger partial charge in [0.05, 0.1) is 22.9 Å². The molecule has 9 heteroatoms. The van der Waals surface area contributed by atoms with Crippen LogP contribution in [0.25, 0.3) is 16.6 Å². The van der Waals surface area contributed by atoms with E-state index in [4.69, 9.17) is 22.3 Å². The summed E-state index contributed by atoms with van der Waals surface area (Å²) in [5.74, 6) is -0.533. The maximum atomic E-state index is 13.1. The van der Waals surface area contributed by atoms with Crippen molar-refractivity contribution in [3.63, 3.8) is 0 Å². The predicted molar refractivity (Wildman–Crippen MR) is 73.4 cm³/mol. The Labute approximate surface area is 122 Å². The summed E-state index contributed by atoms with van der Waals surface area (Å²) < 4.78 is 37.3. The molecule has 0 spiro atoms. The highest BCUT2D eigenvalue weighted by Crippen LogP contribution is 2.33. The van der Waals surface area contributed by atoms with E-state index in [9.17, 15) is 12.8 Å². The summed E-state index contributed by atoms with van der Waals surface area (Å²) in [6, 6.07) is 3.02. The van der Waals surface area contributed by atoms with Crippen LogP contribution in [0.3, 0.4) is 0 Å². The molecule has 0 radical (unpaired) electrons. The van der Waals surface area contributed by atoms with Crippen LogP contribution in [-0.2, 0) is 9.05 Å². The average Bonchev–Trinajstić information content (AvgIpc) is 2.94. The monoisotopic (exact) mass is 333 g/mol. The van der Waals surface area contributed by atoms with Crippen LogP contribution in [0, 0.1) is 5.82 Å². The standard InChI is InChI=1S/C11H6Cl2FN3O2S/c12-8-2-1-7-9(20(13,18)19)4-15-10(7)11(8)17-5-6(14)3-16-17/h1-5,15H. The summed E-state index contributed by atoms with van der Waals surface area (Å²) in [5, 5.41) is 4.47. The predicted octanol–water partition coefficient (Wildman–Crippen LogP) is 3.07. The highest BCUT2D eigenvalue weighted by molar-refractivity contribution is 8.14. The Morgan fingerprint density at radius 2 is 2.10 bits per heavy atom. The topological polar surface area (TPSA) is 67.8 Å². The molecule has 2 aromatic heterocycles. The van der Waals surface area contributed by atoms with E-state index in [1.807, 2.05) is 0 Å². The molecule has 3 aromatic rings. The first kappa shape index (κ1) is 13.4. The fourth-order valence-corrected chi connectivity index (χ4v) is 3.24. The first-order chi connectivity index (χ1) is 9.38. The zero-order valence-corrected chi connectivity index (χ0v) is 12.0. The molecule has 20 heavy (non-hydrogen) atoms. The zero-order chi connectivity index (χ0) is 14.5. The number of halogens is 3. The number of rotatable bonds is 2. The highest BCUT2D eigenvalue weighted by Gasteiger charge is 2.20. The number of hydrogen-bond donors (Lipinski definition) is 1. The molecule has 0 unspecified atom stereocenters. The first-order valence-corrected chi connectivity index (χ1v) is 8.01. The number of benzene rings is 1. The molecule has 5 nitrogen and oxygen atoms in total. The van der Waals surface area contributed by atoms with E-state index in [0.29, 0.717) is 21.6 Å². The van der Waals surface area contributed by atoms with Gasteiger partial charge in [-0.1, -0.05) is 11.6 Å². The van der Waals surface area contributed by atoms with Gasteiger partial charge in [0.15, 0.2) is 5.82 Å². The minimum absolute atomic E-state index is 0.0697. The van der Waals surface area contributed by atoms with Crippen molar-refractivity contribution in [1.29, 1.82) is 0 Å². The van der Waals surface area contributed by atoms with Gasteiger partial charge in [0.2, 0.25) is 0 Å². The zero-order valence-electron chi connectivity index (χ0n) is 9.64. The Hall–Kier alpha value is -1.57. The first-order valence-electron chi connectivity index (χ1n) is 5.33. The number of aromatic nitrogens is 3. The van der Waals surface area contributed by atoms with E-state index < -0.39 is 14.9 Å². The summed E-state index contributed by atoms with van der Waals surface area (Å²) in [4.78, 5) is 2.71. The maximum Gasteiger partial charge on any atom is 0.263 e. The second kappa shape index (κ2) is 4.47. The molecule has 0 saturated heterocycles. The maximum absolute atomic E-state index is 13.1. The Kier molecular flexibility index (Phi) is 3.00. The Morgan fingerprint density at radius 1 is 1.35 bits per heavy atom. The second-order valence-corrected chi connectivity index (χ2v) is 6.95. The lowest BCUT2D eigenvalue weighted by Crippen LogP contribution is -1.97. The van der Waals surface area contributed by atoms with Gasteiger partial charge in [0.25, 0.3) is 9.05 Å². The van der Waals surface area contributed by atoms with Gasteiger partial charge in [0, 0.05) is 22.3 Å². The van der Waals surface area contributed by atoms with Gasteiger partial charge in [-0.2, -0.15) is 5.10 Å². The minimum atomic E-state index is -3.90. The van der Waals surface area contributed by atoms with E-state index in [0.717, 1.165) is 12.4 Å². The third-order valence-corrected chi connectivity index (χ3v) is 4.45. The molecule has 0 aliphatic carbocycles. The van der Waals surface area contributed by atoms with Crippen molar-refractivity contribution in [3.05, 3.63) is 41.6 Å². The summed E-state index contributed by atoms with van der Waals surface area (Å²) in [6.45, 7) is 0. The van der Waals surface area contributed by atoms with Crippen molar-refractivity contribution < 1.29 is 12.8 Å². The van der Waals surface area contributed by atoms with E-state index in [2.05, 4.69) is 10.1 Å². The molecule has 0 atom stereocenters. The van der Waals surface area contributed by atoms with Gasteiger partial charge in [0.1, 0.15) is 10.6 Å². The molecule has 1 aromatic carbocycles. The van der Waals surface area contributed by atoms with Crippen LogP contribution in [0.1, 0.15) is 0 Å². The molecule has 2 heterocycles. The normalized spacial score (nSPS) is 12.2. The molecule has 0 bridgehead atoms. The molecule has 0 aliphatic rings. The molecule has 3 rings (SSSR count). The van der Waals surface area contributed by atoms with Crippen LogP contribution in [0.15, 0.2) is 35.6 Å². The number of H-pyrrole nitrogens is 1. The molecule has 0 fully saturated rings. The number of nitrogens with one attached hydrogen (secondary N) is 1. The molecule has 1 N–H and O–H groups in total. The summed E-state index contributed by atoms with van der Waals surface area (Å²) in [6.07, 6.45) is 3.42. The van der Waals surface area contributed by atoms with Crippen molar-refractivity contribution in [2.24, 2.45) is 0 Å². The average molecular weight is 334 g/mol. The Morgan fingerprint density at radius 3 is 2.70 bits per heavy atom. The van der Waals surface area contributed by atoms with Gasteiger partial charge >= 0.3 is 0 Å². The lowest BCUT2D eigenvalue weighted by atomic mass is 10.2. The molecule has 104 valence electrons.